The lowest BCUT2D eigenvalue weighted by Crippen LogP contribution is -2.59. The summed E-state index contributed by atoms with van der Waals surface area (Å²) in [5.74, 6) is 0. The molecule has 1 aliphatic carbocycles. The van der Waals surface area contributed by atoms with Crippen molar-refractivity contribution >= 4 is 29.0 Å². The van der Waals surface area contributed by atoms with Gasteiger partial charge in [-0.1, -0.05) is 24.4 Å². The summed E-state index contributed by atoms with van der Waals surface area (Å²) in [6.45, 7) is 0.992. The monoisotopic (exact) mass is 451 g/mol. The molecule has 2 amide bonds. The lowest BCUT2D eigenvalue weighted by Gasteiger charge is -2.43. The molecule has 2 fully saturated rings. The molecule has 3 atom stereocenters. The van der Waals surface area contributed by atoms with Crippen LogP contribution < -0.4 is 20.9 Å². The average Bonchev–Trinajstić information content (AvgIpc) is 2.82. The minimum atomic E-state index is -0.182. The Bertz CT molecular complexity index is 940. The average molecular weight is 452 g/mol. The molecule has 2 aromatic carbocycles. The van der Waals surface area contributed by atoms with Crippen LogP contribution in [0.1, 0.15) is 50.5 Å². The lowest BCUT2D eigenvalue weighted by atomic mass is 9.89. The fourth-order valence-electron chi connectivity index (χ4n) is 4.76. The third-order valence-corrected chi connectivity index (χ3v) is 6.67. The number of rotatable bonds is 5. The van der Waals surface area contributed by atoms with Gasteiger partial charge in [-0.05, 0) is 80.6 Å². The van der Waals surface area contributed by atoms with E-state index >= 15 is 0 Å². The van der Waals surface area contributed by atoms with Gasteiger partial charge in [-0.2, -0.15) is 5.26 Å². The molecule has 168 valence electrons. The Labute approximate surface area is 194 Å². The minimum Gasteiger partial charge on any atom is -0.356 e. The van der Waals surface area contributed by atoms with E-state index in [1.54, 1.807) is 24.3 Å². The molecule has 1 heterocycles. The second-order valence-corrected chi connectivity index (χ2v) is 9.07. The third kappa shape index (κ3) is 5.73. The molecule has 7 heteroatoms. The van der Waals surface area contributed by atoms with Gasteiger partial charge >= 0.3 is 6.03 Å². The number of halogens is 1. The zero-order chi connectivity index (χ0) is 22.3. The summed E-state index contributed by atoms with van der Waals surface area (Å²) in [4.78, 5) is 15.0. The van der Waals surface area contributed by atoms with E-state index in [4.69, 9.17) is 16.9 Å². The van der Waals surface area contributed by atoms with Crippen LogP contribution in [-0.2, 0) is 0 Å². The van der Waals surface area contributed by atoms with E-state index in [0.717, 1.165) is 56.4 Å². The van der Waals surface area contributed by atoms with E-state index in [2.05, 4.69) is 26.9 Å². The van der Waals surface area contributed by atoms with Crippen LogP contribution in [0, 0.1) is 11.3 Å². The van der Waals surface area contributed by atoms with E-state index in [0.29, 0.717) is 10.6 Å². The van der Waals surface area contributed by atoms with Gasteiger partial charge in [-0.25, -0.2) is 4.79 Å². The second kappa shape index (κ2) is 10.7. The number of carbonyl (C=O) groups excluding carboxylic acids is 1. The van der Waals surface area contributed by atoms with E-state index in [9.17, 15) is 4.79 Å². The summed E-state index contributed by atoms with van der Waals surface area (Å²) in [6, 6.07) is 17.3. The van der Waals surface area contributed by atoms with Crippen molar-refractivity contribution in [1.82, 2.24) is 10.6 Å². The Balaban J connectivity index is 1.40. The molecule has 1 aliphatic heterocycles. The van der Waals surface area contributed by atoms with Crippen molar-refractivity contribution in [3.8, 4) is 6.07 Å². The Kier molecular flexibility index (Phi) is 7.51. The second-order valence-electron chi connectivity index (χ2n) is 8.63. The first kappa shape index (κ1) is 22.4. The molecule has 32 heavy (non-hydrogen) atoms. The SMILES string of the molecule is N#Cc1ccc(N2CCCC[C@H]2N[C@@H]2CCCC[C@H]2NC(=O)Nc2ccc(Cl)cc2)cc1. The van der Waals surface area contributed by atoms with Crippen molar-refractivity contribution in [1.29, 1.82) is 5.26 Å². The maximum atomic E-state index is 12.6. The van der Waals surface area contributed by atoms with Gasteiger partial charge in [0, 0.05) is 35.0 Å². The zero-order valence-electron chi connectivity index (χ0n) is 18.2. The fourth-order valence-corrected chi connectivity index (χ4v) is 4.89. The van der Waals surface area contributed by atoms with Crippen molar-refractivity contribution in [3.05, 3.63) is 59.1 Å². The van der Waals surface area contributed by atoms with Crippen LogP contribution in [0.25, 0.3) is 0 Å². The number of hydrogen-bond acceptors (Lipinski definition) is 4. The van der Waals surface area contributed by atoms with E-state index in [-0.39, 0.29) is 24.3 Å². The highest BCUT2D eigenvalue weighted by Gasteiger charge is 2.31. The first-order valence-corrected chi connectivity index (χ1v) is 11.9. The Morgan fingerprint density at radius 3 is 2.34 bits per heavy atom. The molecule has 6 nitrogen and oxygen atoms in total. The molecule has 4 rings (SSSR count). The van der Waals surface area contributed by atoms with Crippen molar-refractivity contribution < 1.29 is 4.79 Å². The maximum Gasteiger partial charge on any atom is 0.319 e. The summed E-state index contributed by atoms with van der Waals surface area (Å²) in [5, 5.41) is 19.7. The lowest BCUT2D eigenvalue weighted by molar-refractivity contribution is 0.224. The van der Waals surface area contributed by atoms with Gasteiger partial charge < -0.3 is 15.5 Å². The predicted molar refractivity (Wildman–Crippen MR) is 129 cm³/mol. The quantitative estimate of drug-likeness (QED) is 0.579. The molecule has 0 aromatic heterocycles. The molecule has 0 unspecified atom stereocenters. The van der Waals surface area contributed by atoms with Crippen LogP contribution >= 0.6 is 11.6 Å². The number of hydrogen-bond donors (Lipinski definition) is 3. The first-order chi connectivity index (χ1) is 15.6. The molecule has 2 aliphatic rings. The van der Waals surface area contributed by atoms with Crippen molar-refractivity contribution in [3.63, 3.8) is 0 Å². The number of benzene rings is 2. The number of urea groups is 1. The third-order valence-electron chi connectivity index (χ3n) is 6.42. The number of carbonyl (C=O) groups is 1. The van der Waals surface area contributed by atoms with Crippen molar-refractivity contribution in [2.24, 2.45) is 0 Å². The van der Waals surface area contributed by atoms with Gasteiger partial charge in [0.05, 0.1) is 17.8 Å². The highest BCUT2D eigenvalue weighted by atomic mass is 35.5. The summed E-state index contributed by atoms with van der Waals surface area (Å²) in [6.07, 6.45) is 7.94. The minimum absolute atomic E-state index is 0.0841. The fraction of sp³-hybridized carbons (Fsp3) is 0.440. The van der Waals surface area contributed by atoms with E-state index < -0.39 is 0 Å². The zero-order valence-corrected chi connectivity index (χ0v) is 18.9. The molecular formula is C25H30ClN5O. The highest BCUT2D eigenvalue weighted by molar-refractivity contribution is 6.30. The molecular weight excluding hydrogens is 422 g/mol. The van der Waals surface area contributed by atoms with Crippen molar-refractivity contribution in [2.45, 2.75) is 63.2 Å². The summed E-state index contributed by atoms with van der Waals surface area (Å²) >= 11 is 5.93. The number of nitrogens with zero attached hydrogens (tertiary/aromatic N) is 2. The van der Waals surface area contributed by atoms with Gasteiger partial charge in [0.15, 0.2) is 0 Å². The summed E-state index contributed by atoms with van der Waals surface area (Å²) in [5.41, 5.74) is 2.55. The predicted octanol–water partition coefficient (Wildman–Crippen LogP) is 5.25. The Morgan fingerprint density at radius 2 is 1.62 bits per heavy atom. The highest BCUT2D eigenvalue weighted by Crippen LogP contribution is 2.27. The van der Waals surface area contributed by atoms with Gasteiger partial charge in [-0.15, -0.1) is 0 Å². The van der Waals surface area contributed by atoms with Crippen LogP contribution in [0.4, 0.5) is 16.2 Å². The van der Waals surface area contributed by atoms with Crippen LogP contribution in [0.2, 0.25) is 5.02 Å². The molecule has 2 aromatic rings. The summed E-state index contributed by atoms with van der Waals surface area (Å²) < 4.78 is 0. The molecule has 3 N–H and O–H groups in total. The maximum absolute atomic E-state index is 12.6. The number of amides is 2. The largest absolute Gasteiger partial charge is 0.356 e. The van der Waals surface area contributed by atoms with Crippen molar-refractivity contribution in [2.75, 3.05) is 16.8 Å². The van der Waals surface area contributed by atoms with E-state index in [1.807, 2.05) is 24.3 Å². The summed E-state index contributed by atoms with van der Waals surface area (Å²) in [7, 11) is 0. The standard InChI is InChI=1S/C25H30ClN5O/c26-19-10-12-20(13-11-19)28-25(32)30-23-6-2-1-5-22(23)29-24-7-3-4-16-31(24)21-14-8-18(17-27)9-15-21/h8-15,22-24,29H,1-7,16H2,(H2,28,30,32)/t22-,23-,24+/m1/s1. The molecule has 0 bridgehead atoms. The normalized spacial score (nSPS) is 23.2. The Morgan fingerprint density at radius 1 is 0.938 bits per heavy atom. The number of nitriles is 1. The first-order valence-electron chi connectivity index (χ1n) is 11.5. The van der Waals surface area contributed by atoms with Gasteiger partial charge in [0.25, 0.3) is 0 Å². The molecule has 0 radical (unpaired) electrons. The van der Waals surface area contributed by atoms with Gasteiger partial charge in [0.2, 0.25) is 0 Å². The number of piperidine rings is 1. The number of anilines is 2. The van der Waals surface area contributed by atoms with Gasteiger partial charge in [0.1, 0.15) is 0 Å². The molecule has 0 spiro atoms. The topological polar surface area (TPSA) is 80.2 Å². The smallest absolute Gasteiger partial charge is 0.319 e. The van der Waals surface area contributed by atoms with E-state index in [1.165, 1.54) is 6.42 Å². The van der Waals surface area contributed by atoms with Crippen LogP contribution in [-0.4, -0.2) is 30.8 Å². The molecule has 1 saturated carbocycles. The molecule has 1 saturated heterocycles. The Hall–Kier alpha value is -2.75. The van der Waals surface area contributed by atoms with Crippen LogP contribution in [0.3, 0.4) is 0 Å². The van der Waals surface area contributed by atoms with Crippen LogP contribution in [0.15, 0.2) is 48.5 Å². The van der Waals surface area contributed by atoms with Crippen LogP contribution in [0.5, 0.6) is 0 Å². The van der Waals surface area contributed by atoms with Gasteiger partial charge in [-0.3, -0.25) is 5.32 Å². The number of nitrogens with one attached hydrogen (secondary N) is 3.